The standard InChI is InChI=1S/C34H44N4O5/c1-2-19-36(33(39)42-25-26-11-13-30(14-12-26)38(40)41)29-15-20-35(21-16-29)23-28-24-37-31(32(28)27-9-5-3-6-10-27)22-34(43-37)17-7-4-8-18-34/h2-3,5-6,9-14,28-29,31-32H,1,4,7-8,15-25H2/t28?,31-,32+/m0/s1. The zero-order valence-corrected chi connectivity index (χ0v) is 25.0. The number of hydroxylamine groups is 2. The van der Waals surface area contributed by atoms with E-state index in [1.54, 1.807) is 23.1 Å². The Labute approximate surface area is 254 Å². The molecule has 3 atom stereocenters. The molecule has 43 heavy (non-hydrogen) atoms. The van der Waals surface area contributed by atoms with Crippen LogP contribution < -0.4 is 0 Å². The normalized spacial score (nSPS) is 25.8. The summed E-state index contributed by atoms with van der Waals surface area (Å²) in [5.74, 6) is 0.965. The number of nitro groups is 1. The molecule has 3 heterocycles. The van der Waals surface area contributed by atoms with Crippen molar-refractivity contribution in [3.63, 3.8) is 0 Å². The number of hydrogen-bond donors (Lipinski definition) is 0. The van der Waals surface area contributed by atoms with Gasteiger partial charge >= 0.3 is 6.09 Å². The second kappa shape index (κ2) is 13.2. The smallest absolute Gasteiger partial charge is 0.410 e. The van der Waals surface area contributed by atoms with E-state index in [1.165, 1.54) is 49.8 Å². The number of ether oxygens (including phenoxy) is 1. The van der Waals surface area contributed by atoms with Gasteiger partial charge in [-0.3, -0.25) is 15.0 Å². The molecule has 3 saturated heterocycles. The number of amides is 1. The predicted molar refractivity (Wildman–Crippen MR) is 164 cm³/mol. The second-order valence-corrected chi connectivity index (χ2v) is 12.9. The Hall–Kier alpha value is -3.27. The van der Waals surface area contributed by atoms with Gasteiger partial charge < -0.3 is 14.5 Å². The molecule has 1 saturated carbocycles. The molecule has 4 aliphatic rings. The number of likely N-dealkylation sites (tertiary alicyclic amines) is 1. The summed E-state index contributed by atoms with van der Waals surface area (Å²) < 4.78 is 5.62. The fourth-order valence-corrected chi connectivity index (χ4v) is 8.01. The molecule has 1 unspecified atom stereocenters. The minimum atomic E-state index is -0.438. The molecule has 4 fully saturated rings. The van der Waals surface area contributed by atoms with Crippen molar-refractivity contribution < 1.29 is 19.3 Å². The van der Waals surface area contributed by atoms with Crippen LogP contribution in [-0.4, -0.2) is 76.3 Å². The fourth-order valence-electron chi connectivity index (χ4n) is 8.01. The molecule has 0 aromatic heterocycles. The molecule has 1 amide bonds. The number of non-ortho nitro benzene ring substituents is 1. The Bertz CT molecular complexity index is 1260. The van der Waals surface area contributed by atoms with E-state index in [4.69, 9.17) is 9.57 Å². The molecule has 6 rings (SSSR count). The second-order valence-electron chi connectivity index (χ2n) is 12.9. The molecule has 230 valence electrons. The Balaban J connectivity index is 1.05. The number of nitro benzene ring substituents is 1. The topological polar surface area (TPSA) is 88.4 Å². The third kappa shape index (κ3) is 6.64. The van der Waals surface area contributed by atoms with Crippen molar-refractivity contribution in [1.29, 1.82) is 0 Å². The van der Waals surface area contributed by atoms with E-state index >= 15 is 0 Å². The van der Waals surface area contributed by atoms with Crippen LogP contribution in [-0.2, 0) is 16.2 Å². The van der Waals surface area contributed by atoms with Gasteiger partial charge in [0.1, 0.15) is 6.61 Å². The summed E-state index contributed by atoms with van der Waals surface area (Å²) in [5.41, 5.74) is 2.22. The summed E-state index contributed by atoms with van der Waals surface area (Å²) in [7, 11) is 0. The van der Waals surface area contributed by atoms with Gasteiger partial charge in [0.25, 0.3) is 5.69 Å². The van der Waals surface area contributed by atoms with Crippen LogP contribution in [0.2, 0.25) is 0 Å². The van der Waals surface area contributed by atoms with Crippen LogP contribution in [0.3, 0.4) is 0 Å². The van der Waals surface area contributed by atoms with E-state index in [0.717, 1.165) is 51.0 Å². The first-order chi connectivity index (χ1) is 20.9. The number of carbonyl (C=O) groups excluding carboxylic acids is 1. The van der Waals surface area contributed by atoms with Gasteiger partial charge in [-0.25, -0.2) is 4.79 Å². The highest BCUT2D eigenvalue weighted by Gasteiger charge is 2.55. The van der Waals surface area contributed by atoms with Crippen molar-refractivity contribution >= 4 is 11.8 Å². The van der Waals surface area contributed by atoms with Gasteiger partial charge in [-0.05, 0) is 61.3 Å². The lowest BCUT2D eigenvalue weighted by Gasteiger charge is -2.39. The van der Waals surface area contributed by atoms with E-state index < -0.39 is 4.92 Å². The van der Waals surface area contributed by atoms with Gasteiger partial charge in [0.15, 0.2) is 0 Å². The maximum atomic E-state index is 13.1. The number of rotatable bonds is 9. The molecule has 2 aromatic rings. The Morgan fingerprint density at radius 3 is 2.49 bits per heavy atom. The minimum absolute atomic E-state index is 0.0175. The molecule has 1 spiro atoms. The molecule has 2 aromatic carbocycles. The molecule has 1 aliphatic carbocycles. The summed E-state index contributed by atoms with van der Waals surface area (Å²) >= 11 is 0. The average molecular weight is 589 g/mol. The monoisotopic (exact) mass is 588 g/mol. The molecule has 3 aliphatic heterocycles. The van der Waals surface area contributed by atoms with E-state index in [9.17, 15) is 14.9 Å². The first-order valence-corrected chi connectivity index (χ1v) is 16.0. The molecule has 0 N–H and O–H groups in total. The molecule has 0 bridgehead atoms. The van der Waals surface area contributed by atoms with E-state index in [2.05, 4.69) is 46.9 Å². The summed E-state index contributed by atoms with van der Waals surface area (Å²) in [6, 6.07) is 17.7. The zero-order chi connectivity index (χ0) is 29.8. The number of benzene rings is 2. The first kappa shape index (κ1) is 29.8. The van der Waals surface area contributed by atoms with Crippen LogP contribution in [0.25, 0.3) is 0 Å². The lowest BCUT2D eigenvalue weighted by molar-refractivity contribution is -0.384. The van der Waals surface area contributed by atoms with E-state index in [0.29, 0.717) is 24.4 Å². The van der Waals surface area contributed by atoms with Crippen LogP contribution >= 0.6 is 0 Å². The molecular weight excluding hydrogens is 544 g/mol. The van der Waals surface area contributed by atoms with Crippen molar-refractivity contribution in [3.05, 3.63) is 88.5 Å². The summed E-state index contributed by atoms with van der Waals surface area (Å²) in [5, 5.41) is 13.3. The highest BCUT2D eigenvalue weighted by atomic mass is 16.7. The highest BCUT2D eigenvalue weighted by Crippen LogP contribution is 2.51. The Morgan fingerprint density at radius 2 is 1.81 bits per heavy atom. The SMILES string of the molecule is C=CCN(C(=O)OCc1ccc([N+](=O)[O-])cc1)C1CCN(CC2CN3OC4(CCCCC4)C[C@H]3[C@@H]2c2ccccc2)CC1. The number of carbonyl (C=O) groups is 1. The van der Waals surface area contributed by atoms with Crippen molar-refractivity contribution in [3.8, 4) is 0 Å². The van der Waals surface area contributed by atoms with Crippen LogP contribution in [0.4, 0.5) is 10.5 Å². The zero-order valence-electron chi connectivity index (χ0n) is 25.0. The molecule has 9 nitrogen and oxygen atoms in total. The van der Waals surface area contributed by atoms with Gasteiger partial charge in [0, 0.05) is 62.9 Å². The Morgan fingerprint density at radius 1 is 1.09 bits per heavy atom. The molecule has 9 heteroatoms. The van der Waals surface area contributed by atoms with E-state index in [1.807, 2.05) is 0 Å². The van der Waals surface area contributed by atoms with Crippen LogP contribution in [0.1, 0.15) is 68.4 Å². The lowest BCUT2D eigenvalue weighted by atomic mass is 9.76. The van der Waals surface area contributed by atoms with Crippen LogP contribution in [0.5, 0.6) is 0 Å². The maximum Gasteiger partial charge on any atom is 0.410 e. The summed E-state index contributed by atoms with van der Waals surface area (Å²) in [4.78, 5) is 34.7. The van der Waals surface area contributed by atoms with Gasteiger partial charge in [-0.2, -0.15) is 5.06 Å². The van der Waals surface area contributed by atoms with Crippen LogP contribution in [0, 0.1) is 16.0 Å². The largest absolute Gasteiger partial charge is 0.445 e. The number of hydrogen-bond acceptors (Lipinski definition) is 7. The minimum Gasteiger partial charge on any atom is -0.445 e. The fraction of sp³-hybridized carbons (Fsp3) is 0.559. The third-order valence-electron chi connectivity index (χ3n) is 10.1. The third-order valence-corrected chi connectivity index (χ3v) is 10.1. The predicted octanol–water partition coefficient (Wildman–Crippen LogP) is 6.31. The average Bonchev–Trinajstić information content (AvgIpc) is 3.52. The van der Waals surface area contributed by atoms with Gasteiger partial charge in [-0.1, -0.05) is 55.7 Å². The van der Waals surface area contributed by atoms with Crippen LogP contribution in [0.15, 0.2) is 67.3 Å². The molecular formula is C34H44N4O5. The number of nitrogens with zero attached hydrogens (tertiary/aromatic N) is 4. The molecule has 0 radical (unpaired) electrons. The highest BCUT2D eigenvalue weighted by molar-refractivity contribution is 5.68. The lowest BCUT2D eigenvalue weighted by Crippen LogP contribution is -2.48. The first-order valence-electron chi connectivity index (χ1n) is 16.0. The van der Waals surface area contributed by atoms with Crippen molar-refractivity contribution in [2.24, 2.45) is 5.92 Å². The summed E-state index contributed by atoms with van der Waals surface area (Å²) in [6.45, 7) is 8.24. The Kier molecular flexibility index (Phi) is 9.12. The van der Waals surface area contributed by atoms with E-state index in [-0.39, 0.29) is 30.0 Å². The number of piperidine rings is 1. The van der Waals surface area contributed by atoms with Crippen molar-refractivity contribution in [2.45, 2.75) is 81.6 Å². The van der Waals surface area contributed by atoms with Crippen molar-refractivity contribution in [1.82, 2.24) is 14.9 Å². The van der Waals surface area contributed by atoms with Gasteiger partial charge in [0.2, 0.25) is 0 Å². The van der Waals surface area contributed by atoms with Gasteiger partial charge in [0.05, 0.1) is 10.5 Å². The van der Waals surface area contributed by atoms with Crippen molar-refractivity contribution in [2.75, 3.05) is 32.7 Å². The quantitative estimate of drug-likeness (QED) is 0.193. The number of fused-ring (bicyclic) bond motifs is 1. The summed E-state index contributed by atoms with van der Waals surface area (Å²) in [6.07, 6.45) is 10.6. The van der Waals surface area contributed by atoms with Gasteiger partial charge in [-0.15, -0.1) is 6.58 Å². The maximum absolute atomic E-state index is 13.1.